The third-order valence-electron chi connectivity index (χ3n) is 2.03. The van der Waals surface area contributed by atoms with Crippen LogP contribution in [0, 0.1) is 3.57 Å². The average Bonchev–Trinajstić information content (AvgIpc) is 2.31. The number of ether oxygens (including phenoxy) is 1. The first-order chi connectivity index (χ1) is 8.85. The first-order valence-electron chi connectivity index (χ1n) is 4.89. The molecule has 0 unspecified atom stereocenters. The summed E-state index contributed by atoms with van der Waals surface area (Å²) in [6.07, 6.45) is -3.24. The van der Waals surface area contributed by atoms with Crippen LogP contribution in [0.2, 0.25) is 5.15 Å². The Hall–Kier alpha value is -1.09. The smallest absolute Gasteiger partial charge is 0.406 e. The minimum absolute atomic E-state index is 0.234. The standard InChI is InChI=1S/C11H5ClF3IN2O/c12-9-8(16)5-17-10(18-9)6-2-1-3-7(4-6)19-11(13,14)15/h1-5H. The van der Waals surface area contributed by atoms with Gasteiger partial charge in [0.1, 0.15) is 10.9 Å². The van der Waals surface area contributed by atoms with Crippen LogP contribution in [0.25, 0.3) is 11.4 Å². The highest BCUT2D eigenvalue weighted by molar-refractivity contribution is 14.1. The molecule has 0 amide bonds. The summed E-state index contributed by atoms with van der Waals surface area (Å²) in [5.74, 6) is -0.0960. The molecule has 0 atom stereocenters. The van der Waals surface area contributed by atoms with Gasteiger partial charge in [0.2, 0.25) is 0 Å². The maximum Gasteiger partial charge on any atom is 0.573 e. The van der Waals surface area contributed by atoms with Crippen molar-refractivity contribution in [3.05, 3.63) is 39.2 Å². The van der Waals surface area contributed by atoms with E-state index >= 15 is 0 Å². The zero-order valence-electron chi connectivity index (χ0n) is 9.08. The minimum atomic E-state index is -4.73. The van der Waals surface area contributed by atoms with Gasteiger partial charge in [-0.15, -0.1) is 13.2 Å². The molecule has 0 N–H and O–H groups in total. The normalized spacial score (nSPS) is 11.4. The Kier molecular flexibility index (Phi) is 4.14. The third-order valence-corrected chi connectivity index (χ3v) is 3.42. The lowest BCUT2D eigenvalue weighted by Crippen LogP contribution is -2.17. The largest absolute Gasteiger partial charge is 0.573 e. The molecule has 0 aliphatic carbocycles. The molecule has 0 bridgehead atoms. The van der Waals surface area contributed by atoms with Crippen LogP contribution in [0.5, 0.6) is 5.75 Å². The Morgan fingerprint density at radius 3 is 2.63 bits per heavy atom. The molecular weight excluding hydrogens is 395 g/mol. The number of hydrogen-bond donors (Lipinski definition) is 0. The molecular formula is C11H5ClF3IN2O. The molecule has 2 aromatic rings. The molecule has 0 aliphatic rings. The molecule has 0 saturated heterocycles. The molecule has 0 saturated carbocycles. The van der Waals surface area contributed by atoms with Gasteiger partial charge in [-0.1, -0.05) is 23.7 Å². The van der Waals surface area contributed by atoms with E-state index in [1.165, 1.54) is 24.4 Å². The van der Waals surface area contributed by atoms with Crippen LogP contribution < -0.4 is 4.74 Å². The highest BCUT2D eigenvalue weighted by Crippen LogP contribution is 2.27. The van der Waals surface area contributed by atoms with Gasteiger partial charge < -0.3 is 4.74 Å². The van der Waals surface area contributed by atoms with Gasteiger partial charge in [-0.3, -0.25) is 0 Å². The predicted molar refractivity (Wildman–Crippen MR) is 71.9 cm³/mol. The fraction of sp³-hybridized carbons (Fsp3) is 0.0909. The Bertz CT molecular complexity index is 607. The van der Waals surface area contributed by atoms with Crippen LogP contribution in [0.4, 0.5) is 13.2 Å². The van der Waals surface area contributed by atoms with Gasteiger partial charge in [0.25, 0.3) is 0 Å². The highest BCUT2D eigenvalue weighted by atomic mass is 127. The summed E-state index contributed by atoms with van der Waals surface area (Å²) in [6.45, 7) is 0. The van der Waals surface area contributed by atoms with Crippen LogP contribution in [-0.4, -0.2) is 16.3 Å². The monoisotopic (exact) mass is 400 g/mol. The van der Waals surface area contributed by atoms with E-state index in [1.54, 1.807) is 6.07 Å². The van der Waals surface area contributed by atoms with Crippen molar-refractivity contribution < 1.29 is 17.9 Å². The Morgan fingerprint density at radius 2 is 2.00 bits per heavy atom. The Morgan fingerprint density at radius 1 is 1.26 bits per heavy atom. The second-order valence-electron chi connectivity index (χ2n) is 3.41. The zero-order chi connectivity index (χ0) is 14.0. The lowest BCUT2D eigenvalue weighted by molar-refractivity contribution is -0.274. The molecule has 0 fully saturated rings. The molecule has 0 radical (unpaired) electrons. The summed E-state index contributed by atoms with van der Waals surface area (Å²) < 4.78 is 40.8. The molecule has 0 spiro atoms. The lowest BCUT2D eigenvalue weighted by Gasteiger charge is -2.09. The van der Waals surface area contributed by atoms with Crippen molar-refractivity contribution in [2.75, 3.05) is 0 Å². The maximum absolute atomic E-state index is 12.1. The Labute approximate surface area is 124 Å². The average molecular weight is 401 g/mol. The summed E-state index contributed by atoms with van der Waals surface area (Å²) in [4.78, 5) is 8.00. The van der Waals surface area contributed by atoms with E-state index in [2.05, 4.69) is 14.7 Å². The maximum atomic E-state index is 12.1. The van der Waals surface area contributed by atoms with E-state index in [1.807, 2.05) is 22.6 Å². The number of alkyl halides is 3. The van der Waals surface area contributed by atoms with Gasteiger partial charge in [-0.05, 0) is 34.7 Å². The first kappa shape index (κ1) is 14.3. The van der Waals surface area contributed by atoms with Gasteiger partial charge in [0.05, 0.1) is 3.57 Å². The predicted octanol–water partition coefficient (Wildman–Crippen LogP) is 4.30. The fourth-order valence-electron chi connectivity index (χ4n) is 1.32. The molecule has 1 heterocycles. The molecule has 100 valence electrons. The SMILES string of the molecule is FC(F)(F)Oc1cccc(-c2ncc(I)c(Cl)n2)c1. The van der Waals surface area contributed by atoms with E-state index in [0.29, 0.717) is 9.13 Å². The summed E-state index contributed by atoms with van der Waals surface area (Å²) in [6, 6.07) is 5.39. The summed E-state index contributed by atoms with van der Waals surface area (Å²) in [7, 11) is 0. The van der Waals surface area contributed by atoms with Crippen molar-refractivity contribution in [3.63, 3.8) is 0 Å². The summed E-state index contributed by atoms with van der Waals surface area (Å²) >= 11 is 7.79. The first-order valence-corrected chi connectivity index (χ1v) is 6.35. The van der Waals surface area contributed by atoms with E-state index in [-0.39, 0.29) is 16.7 Å². The third kappa shape index (κ3) is 3.93. The molecule has 8 heteroatoms. The quantitative estimate of drug-likeness (QED) is 0.557. The van der Waals surface area contributed by atoms with Crippen molar-refractivity contribution in [1.82, 2.24) is 9.97 Å². The van der Waals surface area contributed by atoms with Gasteiger partial charge in [-0.2, -0.15) is 0 Å². The van der Waals surface area contributed by atoms with Crippen molar-refractivity contribution in [3.8, 4) is 17.1 Å². The van der Waals surface area contributed by atoms with Gasteiger partial charge in [0, 0.05) is 11.8 Å². The molecule has 3 nitrogen and oxygen atoms in total. The minimum Gasteiger partial charge on any atom is -0.406 e. The molecule has 0 aliphatic heterocycles. The molecule has 19 heavy (non-hydrogen) atoms. The number of benzene rings is 1. The van der Waals surface area contributed by atoms with E-state index in [4.69, 9.17) is 11.6 Å². The Balaban J connectivity index is 2.35. The van der Waals surface area contributed by atoms with Crippen molar-refractivity contribution >= 4 is 34.2 Å². The summed E-state index contributed by atoms with van der Waals surface area (Å²) in [5.41, 5.74) is 0.389. The summed E-state index contributed by atoms with van der Waals surface area (Å²) in [5, 5.41) is 0.243. The molecule has 1 aromatic carbocycles. The number of nitrogens with zero attached hydrogens (tertiary/aromatic N) is 2. The van der Waals surface area contributed by atoms with Crippen LogP contribution in [0.15, 0.2) is 30.5 Å². The van der Waals surface area contributed by atoms with Crippen LogP contribution >= 0.6 is 34.2 Å². The second-order valence-corrected chi connectivity index (χ2v) is 4.93. The van der Waals surface area contributed by atoms with Crippen molar-refractivity contribution in [2.24, 2.45) is 0 Å². The van der Waals surface area contributed by atoms with Crippen molar-refractivity contribution in [2.45, 2.75) is 6.36 Å². The highest BCUT2D eigenvalue weighted by Gasteiger charge is 2.31. The van der Waals surface area contributed by atoms with Gasteiger partial charge in [-0.25, -0.2) is 9.97 Å². The number of hydrogen-bond acceptors (Lipinski definition) is 3. The molecule has 2 rings (SSSR count). The van der Waals surface area contributed by atoms with E-state index in [0.717, 1.165) is 0 Å². The van der Waals surface area contributed by atoms with E-state index in [9.17, 15) is 13.2 Å². The number of halogens is 5. The van der Waals surface area contributed by atoms with Gasteiger partial charge >= 0.3 is 6.36 Å². The van der Waals surface area contributed by atoms with Crippen molar-refractivity contribution in [1.29, 1.82) is 0 Å². The van der Waals surface area contributed by atoms with Gasteiger partial charge in [0.15, 0.2) is 5.82 Å². The fourth-order valence-corrected chi connectivity index (χ4v) is 1.71. The molecule has 1 aromatic heterocycles. The number of aromatic nitrogens is 2. The van der Waals surface area contributed by atoms with Crippen LogP contribution in [0.3, 0.4) is 0 Å². The lowest BCUT2D eigenvalue weighted by atomic mass is 10.2. The second kappa shape index (κ2) is 5.49. The van der Waals surface area contributed by atoms with Crippen LogP contribution in [0.1, 0.15) is 0 Å². The van der Waals surface area contributed by atoms with E-state index < -0.39 is 6.36 Å². The topological polar surface area (TPSA) is 35.0 Å². The number of rotatable bonds is 2. The van der Waals surface area contributed by atoms with Crippen LogP contribution in [-0.2, 0) is 0 Å². The zero-order valence-corrected chi connectivity index (χ0v) is 12.0.